The summed E-state index contributed by atoms with van der Waals surface area (Å²) in [5.74, 6) is 0.842. The van der Waals surface area contributed by atoms with Crippen LogP contribution in [0.4, 0.5) is 0 Å². The highest BCUT2D eigenvalue weighted by Gasteiger charge is 2.31. The van der Waals surface area contributed by atoms with Crippen molar-refractivity contribution in [2.75, 3.05) is 32.7 Å². The van der Waals surface area contributed by atoms with E-state index in [0.29, 0.717) is 18.0 Å². The normalized spacial score (nSPS) is 18.9. The second kappa shape index (κ2) is 7.79. The standard InChI is InChI=1S/C15H23N5O2.ClH/c1-19-10-13(9-18-19)14(21)17-6-11-2-4-20(5-3-11)15(22)12-7-16-8-12;/h9-12,16H,2-8H2,1H3,(H,17,21);1H. The molecule has 0 bridgehead atoms. The Morgan fingerprint density at radius 1 is 1.35 bits per heavy atom. The van der Waals surface area contributed by atoms with Gasteiger partial charge < -0.3 is 15.5 Å². The quantitative estimate of drug-likeness (QED) is 0.810. The van der Waals surface area contributed by atoms with Gasteiger partial charge in [-0.05, 0) is 18.8 Å². The van der Waals surface area contributed by atoms with Crippen LogP contribution in [0.5, 0.6) is 0 Å². The van der Waals surface area contributed by atoms with Crippen LogP contribution in [0.25, 0.3) is 0 Å². The monoisotopic (exact) mass is 341 g/mol. The van der Waals surface area contributed by atoms with Crippen molar-refractivity contribution in [1.82, 2.24) is 25.3 Å². The molecular formula is C15H24ClN5O2. The van der Waals surface area contributed by atoms with Crippen LogP contribution in [0.3, 0.4) is 0 Å². The molecule has 128 valence electrons. The lowest BCUT2D eigenvalue weighted by Crippen LogP contribution is -2.53. The highest BCUT2D eigenvalue weighted by atomic mass is 35.5. The summed E-state index contributed by atoms with van der Waals surface area (Å²) in [6.07, 6.45) is 5.20. The Labute approximate surface area is 142 Å². The van der Waals surface area contributed by atoms with Crippen LogP contribution in [0.1, 0.15) is 23.2 Å². The summed E-state index contributed by atoms with van der Waals surface area (Å²) in [4.78, 5) is 26.1. The Morgan fingerprint density at radius 2 is 2.04 bits per heavy atom. The molecule has 8 heteroatoms. The largest absolute Gasteiger partial charge is 0.352 e. The zero-order valence-corrected chi connectivity index (χ0v) is 14.1. The third-order valence-corrected chi connectivity index (χ3v) is 4.58. The van der Waals surface area contributed by atoms with Gasteiger partial charge in [0.25, 0.3) is 5.91 Å². The van der Waals surface area contributed by atoms with Gasteiger partial charge in [-0.15, -0.1) is 12.4 Å². The van der Waals surface area contributed by atoms with Crippen LogP contribution < -0.4 is 10.6 Å². The van der Waals surface area contributed by atoms with Gasteiger partial charge >= 0.3 is 0 Å². The summed E-state index contributed by atoms with van der Waals surface area (Å²) in [5.41, 5.74) is 0.590. The van der Waals surface area contributed by atoms with Crippen LogP contribution in [0.15, 0.2) is 12.4 Å². The van der Waals surface area contributed by atoms with E-state index in [0.717, 1.165) is 39.0 Å². The number of amides is 2. The lowest BCUT2D eigenvalue weighted by molar-refractivity contribution is -0.138. The maximum absolute atomic E-state index is 12.1. The lowest BCUT2D eigenvalue weighted by atomic mass is 9.94. The van der Waals surface area contributed by atoms with Crippen molar-refractivity contribution in [3.8, 4) is 0 Å². The summed E-state index contributed by atoms with van der Waals surface area (Å²) >= 11 is 0. The molecule has 2 aliphatic rings. The summed E-state index contributed by atoms with van der Waals surface area (Å²) in [6.45, 7) is 3.92. The molecule has 2 N–H and O–H groups in total. The minimum absolute atomic E-state index is 0. The molecule has 0 saturated carbocycles. The van der Waals surface area contributed by atoms with Crippen molar-refractivity contribution in [1.29, 1.82) is 0 Å². The molecule has 0 unspecified atom stereocenters. The van der Waals surface area contributed by atoms with Gasteiger partial charge in [0.15, 0.2) is 0 Å². The first kappa shape index (κ1) is 17.7. The second-order valence-electron chi connectivity index (χ2n) is 6.24. The predicted molar refractivity (Wildman–Crippen MR) is 88.5 cm³/mol. The molecular weight excluding hydrogens is 318 g/mol. The van der Waals surface area contributed by atoms with Crippen LogP contribution in [0.2, 0.25) is 0 Å². The maximum Gasteiger partial charge on any atom is 0.254 e. The minimum Gasteiger partial charge on any atom is -0.352 e. The number of nitrogens with one attached hydrogen (secondary N) is 2. The van der Waals surface area contributed by atoms with E-state index < -0.39 is 0 Å². The van der Waals surface area contributed by atoms with Gasteiger partial charge in [-0.2, -0.15) is 5.10 Å². The van der Waals surface area contributed by atoms with Crippen molar-refractivity contribution < 1.29 is 9.59 Å². The molecule has 0 aromatic carbocycles. The first-order valence-corrected chi connectivity index (χ1v) is 7.90. The number of rotatable bonds is 4. The van der Waals surface area contributed by atoms with Crippen molar-refractivity contribution in [2.45, 2.75) is 12.8 Å². The molecule has 2 saturated heterocycles. The fraction of sp³-hybridized carbons (Fsp3) is 0.667. The summed E-state index contributed by atoms with van der Waals surface area (Å²) in [5, 5.41) is 10.1. The molecule has 2 aliphatic heterocycles. The van der Waals surface area contributed by atoms with Gasteiger partial charge in [0.2, 0.25) is 5.91 Å². The third-order valence-electron chi connectivity index (χ3n) is 4.58. The van der Waals surface area contributed by atoms with Crippen molar-refractivity contribution in [2.24, 2.45) is 18.9 Å². The van der Waals surface area contributed by atoms with E-state index in [4.69, 9.17) is 0 Å². The predicted octanol–water partition coefficient (Wildman–Crippen LogP) is 0.0297. The van der Waals surface area contributed by atoms with E-state index in [9.17, 15) is 9.59 Å². The van der Waals surface area contributed by atoms with Crippen molar-refractivity contribution >= 4 is 24.2 Å². The Balaban J connectivity index is 0.00000192. The molecule has 3 heterocycles. The average Bonchev–Trinajstić information content (AvgIpc) is 2.90. The molecule has 0 radical (unpaired) electrons. The summed E-state index contributed by atoms with van der Waals surface area (Å²) in [7, 11) is 1.79. The first-order valence-electron chi connectivity index (χ1n) is 7.90. The van der Waals surface area contributed by atoms with Gasteiger partial charge in [-0.3, -0.25) is 14.3 Å². The number of aromatic nitrogens is 2. The number of piperidine rings is 1. The van der Waals surface area contributed by atoms with Crippen molar-refractivity contribution in [3.63, 3.8) is 0 Å². The molecule has 0 atom stereocenters. The van der Waals surface area contributed by atoms with Crippen molar-refractivity contribution in [3.05, 3.63) is 18.0 Å². The van der Waals surface area contributed by atoms with Gasteiger partial charge in [0.1, 0.15) is 0 Å². The highest BCUT2D eigenvalue weighted by Crippen LogP contribution is 2.19. The molecule has 1 aromatic heterocycles. The van der Waals surface area contributed by atoms with Gasteiger partial charge in [-0.1, -0.05) is 0 Å². The number of hydrogen-bond donors (Lipinski definition) is 2. The SMILES string of the molecule is Cl.Cn1cc(C(=O)NCC2CCN(C(=O)C3CNC3)CC2)cn1. The van der Waals surface area contributed by atoms with Crippen LogP contribution in [0, 0.1) is 11.8 Å². The molecule has 1 aromatic rings. The number of aryl methyl sites for hydroxylation is 1. The molecule has 0 aliphatic carbocycles. The maximum atomic E-state index is 12.1. The Kier molecular flexibility index (Phi) is 6.01. The number of carbonyl (C=O) groups excluding carboxylic acids is 2. The van der Waals surface area contributed by atoms with E-state index in [1.807, 2.05) is 4.90 Å². The van der Waals surface area contributed by atoms with Gasteiger partial charge in [0.05, 0.1) is 17.7 Å². The molecule has 2 amide bonds. The summed E-state index contributed by atoms with van der Waals surface area (Å²) < 4.78 is 1.62. The van der Waals surface area contributed by atoms with E-state index in [2.05, 4.69) is 15.7 Å². The van der Waals surface area contributed by atoms with Crippen LogP contribution in [-0.4, -0.2) is 59.2 Å². The fourth-order valence-electron chi connectivity index (χ4n) is 2.96. The third kappa shape index (κ3) is 4.23. The molecule has 0 spiro atoms. The zero-order valence-electron chi connectivity index (χ0n) is 13.3. The Hall–Kier alpha value is -1.60. The smallest absolute Gasteiger partial charge is 0.254 e. The first-order chi connectivity index (χ1) is 10.6. The second-order valence-corrected chi connectivity index (χ2v) is 6.24. The molecule has 2 fully saturated rings. The topological polar surface area (TPSA) is 79.3 Å². The van der Waals surface area contributed by atoms with Crippen LogP contribution >= 0.6 is 12.4 Å². The fourth-order valence-corrected chi connectivity index (χ4v) is 2.96. The van der Waals surface area contributed by atoms with Gasteiger partial charge in [-0.25, -0.2) is 0 Å². The molecule has 3 rings (SSSR count). The van der Waals surface area contributed by atoms with E-state index in [1.54, 1.807) is 24.1 Å². The number of likely N-dealkylation sites (tertiary alicyclic amines) is 1. The van der Waals surface area contributed by atoms with E-state index >= 15 is 0 Å². The molecule has 23 heavy (non-hydrogen) atoms. The van der Waals surface area contributed by atoms with E-state index in [-0.39, 0.29) is 30.1 Å². The van der Waals surface area contributed by atoms with Crippen LogP contribution in [-0.2, 0) is 11.8 Å². The average molecular weight is 342 g/mol. The number of hydrogen-bond acceptors (Lipinski definition) is 4. The number of nitrogens with zero attached hydrogens (tertiary/aromatic N) is 3. The number of carbonyl (C=O) groups is 2. The Morgan fingerprint density at radius 3 is 2.57 bits per heavy atom. The minimum atomic E-state index is -0.0767. The van der Waals surface area contributed by atoms with E-state index in [1.165, 1.54) is 0 Å². The lowest BCUT2D eigenvalue weighted by Gasteiger charge is -2.37. The zero-order chi connectivity index (χ0) is 15.5. The highest BCUT2D eigenvalue weighted by molar-refractivity contribution is 5.93. The molecule has 7 nitrogen and oxygen atoms in total. The van der Waals surface area contributed by atoms with Gasteiger partial charge in [0, 0.05) is 46.0 Å². The summed E-state index contributed by atoms with van der Waals surface area (Å²) in [6, 6.07) is 0. The number of halogens is 1. The Bertz CT molecular complexity index is 550.